The van der Waals surface area contributed by atoms with E-state index in [0.29, 0.717) is 6.04 Å². The second kappa shape index (κ2) is 7.34. The maximum atomic E-state index is 5.44. The maximum absolute atomic E-state index is 5.44. The van der Waals surface area contributed by atoms with E-state index in [4.69, 9.17) is 4.74 Å². The molecule has 0 aromatic rings. The fourth-order valence-electron chi connectivity index (χ4n) is 3.27. The zero-order valence-corrected chi connectivity index (χ0v) is 12.1. The van der Waals surface area contributed by atoms with Gasteiger partial charge >= 0.3 is 0 Å². The molecule has 1 aliphatic carbocycles. The molecular formula is C14H30N2O. The molecule has 1 rings (SSSR count). The van der Waals surface area contributed by atoms with Gasteiger partial charge in [-0.15, -0.1) is 0 Å². The lowest BCUT2D eigenvalue weighted by Crippen LogP contribution is -2.60. The molecule has 1 atom stereocenters. The predicted molar refractivity (Wildman–Crippen MR) is 73.5 cm³/mol. The molecule has 102 valence electrons. The highest BCUT2D eigenvalue weighted by atomic mass is 16.5. The van der Waals surface area contributed by atoms with Crippen LogP contribution in [0, 0.1) is 0 Å². The number of nitrogens with zero attached hydrogens (tertiary/aromatic N) is 1. The zero-order valence-electron chi connectivity index (χ0n) is 12.1. The standard InChI is InChI=1S/C14H30N2O/c1-5-15-13(12-17-4)14(16(2)3)10-8-6-7-9-11-14/h13,15H,5-12H2,1-4H3. The summed E-state index contributed by atoms with van der Waals surface area (Å²) >= 11 is 0. The van der Waals surface area contributed by atoms with E-state index >= 15 is 0 Å². The summed E-state index contributed by atoms with van der Waals surface area (Å²) in [5.41, 5.74) is 0.280. The van der Waals surface area contributed by atoms with Crippen molar-refractivity contribution in [3.05, 3.63) is 0 Å². The summed E-state index contributed by atoms with van der Waals surface area (Å²) < 4.78 is 5.44. The van der Waals surface area contributed by atoms with Crippen molar-refractivity contribution < 1.29 is 4.74 Å². The Labute approximate surface area is 107 Å². The normalized spacial score (nSPS) is 22.4. The molecule has 0 aliphatic heterocycles. The number of hydrogen-bond donors (Lipinski definition) is 1. The molecule has 1 N–H and O–H groups in total. The van der Waals surface area contributed by atoms with E-state index in [0.717, 1.165) is 13.2 Å². The molecule has 0 spiro atoms. The van der Waals surface area contributed by atoms with Gasteiger partial charge in [0.2, 0.25) is 0 Å². The fourth-order valence-corrected chi connectivity index (χ4v) is 3.27. The van der Waals surface area contributed by atoms with Gasteiger partial charge in [-0.2, -0.15) is 0 Å². The van der Waals surface area contributed by atoms with Crippen molar-refractivity contribution >= 4 is 0 Å². The Balaban J connectivity index is 2.84. The molecule has 0 amide bonds. The van der Waals surface area contributed by atoms with E-state index in [2.05, 4.69) is 31.2 Å². The molecule has 3 heteroatoms. The topological polar surface area (TPSA) is 24.5 Å². The van der Waals surface area contributed by atoms with Gasteiger partial charge < -0.3 is 15.0 Å². The van der Waals surface area contributed by atoms with Crippen molar-refractivity contribution in [1.82, 2.24) is 10.2 Å². The summed E-state index contributed by atoms with van der Waals surface area (Å²) in [5.74, 6) is 0. The average Bonchev–Trinajstić information content (AvgIpc) is 2.55. The predicted octanol–water partition coefficient (Wildman–Crippen LogP) is 2.27. The minimum Gasteiger partial charge on any atom is -0.383 e. The molecule has 0 heterocycles. The van der Waals surface area contributed by atoms with Crippen LogP contribution in [0.1, 0.15) is 45.4 Å². The van der Waals surface area contributed by atoms with Crippen LogP contribution in [-0.2, 0) is 4.74 Å². The molecule has 0 saturated heterocycles. The third-order valence-corrected chi connectivity index (χ3v) is 4.29. The van der Waals surface area contributed by atoms with Crippen LogP contribution >= 0.6 is 0 Å². The van der Waals surface area contributed by atoms with Gasteiger partial charge in [-0.3, -0.25) is 0 Å². The quantitative estimate of drug-likeness (QED) is 0.723. The lowest BCUT2D eigenvalue weighted by Gasteiger charge is -2.46. The van der Waals surface area contributed by atoms with Crippen LogP contribution in [0.25, 0.3) is 0 Å². The van der Waals surface area contributed by atoms with Crippen LogP contribution < -0.4 is 5.32 Å². The minimum atomic E-state index is 0.280. The Morgan fingerprint density at radius 1 is 1.18 bits per heavy atom. The van der Waals surface area contributed by atoms with Crippen molar-refractivity contribution in [3.63, 3.8) is 0 Å². The van der Waals surface area contributed by atoms with Gasteiger partial charge in [0.25, 0.3) is 0 Å². The highest BCUT2D eigenvalue weighted by Crippen LogP contribution is 2.34. The van der Waals surface area contributed by atoms with Crippen molar-refractivity contribution in [1.29, 1.82) is 0 Å². The highest BCUT2D eigenvalue weighted by Gasteiger charge is 2.40. The van der Waals surface area contributed by atoms with Gasteiger partial charge in [0.05, 0.1) is 6.61 Å². The van der Waals surface area contributed by atoms with Gasteiger partial charge in [0.1, 0.15) is 0 Å². The number of hydrogen-bond acceptors (Lipinski definition) is 3. The van der Waals surface area contributed by atoms with Gasteiger partial charge in [-0.1, -0.05) is 32.6 Å². The number of rotatable bonds is 6. The van der Waals surface area contributed by atoms with Gasteiger partial charge in [-0.25, -0.2) is 0 Å². The Bertz CT molecular complexity index is 192. The SMILES string of the molecule is CCNC(COC)C1(N(C)C)CCCCCC1. The lowest BCUT2D eigenvalue weighted by molar-refractivity contribution is 0.0366. The molecule has 17 heavy (non-hydrogen) atoms. The molecule has 0 bridgehead atoms. The first-order valence-corrected chi connectivity index (χ1v) is 7.07. The Kier molecular flexibility index (Phi) is 6.45. The van der Waals surface area contributed by atoms with Crippen molar-refractivity contribution in [3.8, 4) is 0 Å². The summed E-state index contributed by atoms with van der Waals surface area (Å²) in [6, 6.07) is 0.450. The van der Waals surface area contributed by atoms with Crippen LogP contribution in [0.15, 0.2) is 0 Å². The van der Waals surface area contributed by atoms with Crippen molar-refractivity contribution in [2.24, 2.45) is 0 Å². The zero-order chi connectivity index (χ0) is 12.7. The molecular weight excluding hydrogens is 212 g/mol. The first-order chi connectivity index (χ1) is 8.17. The number of methoxy groups -OCH3 is 1. The maximum Gasteiger partial charge on any atom is 0.0633 e. The third-order valence-electron chi connectivity index (χ3n) is 4.29. The number of likely N-dealkylation sites (N-methyl/N-ethyl adjacent to an activating group) is 2. The molecule has 0 aromatic heterocycles. The van der Waals surface area contributed by atoms with Crippen LogP contribution in [0.2, 0.25) is 0 Å². The minimum absolute atomic E-state index is 0.280. The molecule has 3 nitrogen and oxygen atoms in total. The Morgan fingerprint density at radius 2 is 1.76 bits per heavy atom. The highest BCUT2D eigenvalue weighted by molar-refractivity contribution is 4.99. The number of nitrogens with one attached hydrogen (secondary N) is 1. The van der Waals surface area contributed by atoms with Crippen molar-refractivity contribution in [2.75, 3.05) is 34.4 Å². The van der Waals surface area contributed by atoms with Crippen LogP contribution in [0.4, 0.5) is 0 Å². The first-order valence-electron chi connectivity index (χ1n) is 7.07. The third kappa shape index (κ3) is 3.67. The molecule has 1 saturated carbocycles. The second-order valence-electron chi connectivity index (χ2n) is 5.48. The van der Waals surface area contributed by atoms with Crippen LogP contribution in [-0.4, -0.2) is 50.8 Å². The molecule has 1 unspecified atom stereocenters. The molecule has 1 fully saturated rings. The van der Waals surface area contributed by atoms with Gasteiger partial charge in [0, 0.05) is 18.7 Å². The molecule has 0 aromatic carbocycles. The van der Waals surface area contributed by atoms with Crippen LogP contribution in [0.5, 0.6) is 0 Å². The first kappa shape index (κ1) is 14.9. The summed E-state index contributed by atoms with van der Waals surface area (Å²) in [7, 11) is 6.26. The van der Waals surface area contributed by atoms with E-state index in [-0.39, 0.29) is 5.54 Å². The smallest absolute Gasteiger partial charge is 0.0633 e. The van der Waals surface area contributed by atoms with Gasteiger partial charge in [-0.05, 0) is 33.5 Å². The van der Waals surface area contributed by atoms with E-state index < -0.39 is 0 Å². The molecule has 0 radical (unpaired) electrons. The largest absolute Gasteiger partial charge is 0.383 e. The summed E-state index contributed by atoms with van der Waals surface area (Å²) in [6.07, 6.45) is 8.07. The van der Waals surface area contributed by atoms with Gasteiger partial charge in [0.15, 0.2) is 0 Å². The number of ether oxygens (including phenoxy) is 1. The monoisotopic (exact) mass is 242 g/mol. The van der Waals surface area contributed by atoms with E-state index in [1.807, 2.05) is 7.11 Å². The Morgan fingerprint density at radius 3 is 2.18 bits per heavy atom. The second-order valence-corrected chi connectivity index (χ2v) is 5.48. The summed E-state index contributed by atoms with van der Waals surface area (Å²) in [4.78, 5) is 2.44. The summed E-state index contributed by atoms with van der Waals surface area (Å²) in [6.45, 7) is 4.01. The molecule has 1 aliphatic rings. The van der Waals surface area contributed by atoms with E-state index in [1.165, 1.54) is 38.5 Å². The van der Waals surface area contributed by atoms with E-state index in [9.17, 15) is 0 Å². The Hall–Kier alpha value is -0.120. The fraction of sp³-hybridized carbons (Fsp3) is 1.00. The van der Waals surface area contributed by atoms with Crippen LogP contribution in [0.3, 0.4) is 0 Å². The average molecular weight is 242 g/mol. The summed E-state index contributed by atoms with van der Waals surface area (Å²) in [5, 5.41) is 3.64. The lowest BCUT2D eigenvalue weighted by atomic mass is 9.81. The van der Waals surface area contributed by atoms with E-state index in [1.54, 1.807) is 0 Å². The van der Waals surface area contributed by atoms with Crippen molar-refractivity contribution in [2.45, 2.75) is 57.0 Å².